The number of aromatic nitrogens is 2. The largest absolute Gasteiger partial charge is 0.369 e. The number of fused-ring (bicyclic) bond motifs is 1. The zero-order valence-electron chi connectivity index (χ0n) is 13.4. The molecule has 5 nitrogen and oxygen atoms in total. The zero-order valence-corrected chi connectivity index (χ0v) is 14.9. The third-order valence-electron chi connectivity index (χ3n) is 3.50. The molecular weight excluding hydrogens is 334 g/mol. The molecule has 0 aliphatic carbocycles. The molecule has 1 aromatic carbocycles. The van der Waals surface area contributed by atoms with Crippen molar-refractivity contribution in [2.24, 2.45) is 11.7 Å². The van der Waals surface area contributed by atoms with E-state index in [4.69, 9.17) is 17.3 Å². The Bertz CT molecular complexity index is 789. The molecule has 0 fully saturated rings. The van der Waals surface area contributed by atoms with Crippen LogP contribution in [0.5, 0.6) is 0 Å². The van der Waals surface area contributed by atoms with Crippen molar-refractivity contribution >= 4 is 40.2 Å². The molecule has 0 aliphatic rings. The number of hydrogen-bond acceptors (Lipinski definition) is 4. The lowest BCUT2D eigenvalue weighted by Crippen LogP contribution is -2.27. The number of amides is 1. The van der Waals surface area contributed by atoms with Gasteiger partial charge in [0, 0.05) is 11.6 Å². The fraction of sp³-hybridized carbons (Fsp3) is 0.438. The van der Waals surface area contributed by atoms with E-state index in [-0.39, 0.29) is 5.56 Å². The van der Waals surface area contributed by atoms with Crippen LogP contribution in [-0.2, 0) is 11.3 Å². The average molecular weight is 354 g/mol. The van der Waals surface area contributed by atoms with Gasteiger partial charge in [0.05, 0.1) is 16.2 Å². The van der Waals surface area contributed by atoms with Crippen molar-refractivity contribution in [3.63, 3.8) is 0 Å². The lowest BCUT2D eigenvalue weighted by atomic mass is 10.1. The summed E-state index contributed by atoms with van der Waals surface area (Å²) in [4.78, 5) is 28.7. The molecule has 2 N–H and O–H groups in total. The third kappa shape index (κ3) is 4.26. The van der Waals surface area contributed by atoms with E-state index >= 15 is 0 Å². The molecule has 124 valence electrons. The third-order valence-corrected chi connectivity index (χ3v) is 4.84. The van der Waals surface area contributed by atoms with E-state index in [2.05, 4.69) is 18.8 Å². The zero-order chi connectivity index (χ0) is 17.1. The van der Waals surface area contributed by atoms with Crippen LogP contribution in [0.25, 0.3) is 10.9 Å². The monoisotopic (exact) mass is 353 g/mol. The van der Waals surface area contributed by atoms with Crippen LogP contribution >= 0.6 is 23.4 Å². The fourth-order valence-electron chi connectivity index (χ4n) is 2.06. The van der Waals surface area contributed by atoms with E-state index in [1.54, 1.807) is 29.7 Å². The first-order valence-electron chi connectivity index (χ1n) is 7.45. The van der Waals surface area contributed by atoms with Crippen LogP contribution in [-0.4, -0.2) is 20.7 Å². The number of carbonyl (C=O) groups excluding carboxylic acids is 1. The molecule has 1 atom stereocenters. The van der Waals surface area contributed by atoms with Gasteiger partial charge in [0.15, 0.2) is 5.16 Å². The number of benzene rings is 1. The van der Waals surface area contributed by atoms with Gasteiger partial charge in [-0.3, -0.25) is 14.2 Å². The van der Waals surface area contributed by atoms with Crippen molar-refractivity contribution in [1.29, 1.82) is 0 Å². The van der Waals surface area contributed by atoms with Gasteiger partial charge < -0.3 is 5.73 Å². The summed E-state index contributed by atoms with van der Waals surface area (Å²) in [7, 11) is 0. The highest BCUT2D eigenvalue weighted by Crippen LogP contribution is 2.24. The molecule has 0 unspecified atom stereocenters. The number of nitrogens with zero attached hydrogens (tertiary/aromatic N) is 2. The molecule has 23 heavy (non-hydrogen) atoms. The Morgan fingerprint density at radius 1 is 1.39 bits per heavy atom. The fourth-order valence-corrected chi connectivity index (χ4v) is 3.12. The van der Waals surface area contributed by atoms with Crippen LogP contribution < -0.4 is 11.3 Å². The molecule has 7 heteroatoms. The van der Waals surface area contributed by atoms with Crippen molar-refractivity contribution in [2.75, 3.05) is 0 Å². The lowest BCUT2D eigenvalue weighted by molar-refractivity contribution is -0.117. The Morgan fingerprint density at radius 3 is 2.70 bits per heavy atom. The van der Waals surface area contributed by atoms with Gasteiger partial charge in [-0.15, -0.1) is 0 Å². The number of rotatable bonds is 6. The van der Waals surface area contributed by atoms with Gasteiger partial charge in [-0.25, -0.2) is 4.98 Å². The van der Waals surface area contributed by atoms with Gasteiger partial charge in [0.2, 0.25) is 5.91 Å². The van der Waals surface area contributed by atoms with E-state index in [9.17, 15) is 9.59 Å². The predicted octanol–water partition coefficient (Wildman–Crippen LogP) is 3.06. The minimum atomic E-state index is -0.469. The molecule has 0 saturated carbocycles. The Labute approximate surface area is 144 Å². The molecule has 0 spiro atoms. The average Bonchev–Trinajstić information content (AvgIpc) is 2.46. The highest BCUT2D eigenvalue weighted by molar-refractivity contribution is 8.00. The van der Waals surface area contributed by atoms with Crippen LogP contribution in [0, 0.1) is 5.92 Å². The Morgan fingerprint density at radius 2 is 2.09 bits per heavy atom. The SMILES string of the molecule is CC(C)CCn1c(S[C@H](C)C(N)=O)nc2cc(Cl)ccc2c1=O. The van der Waals surface area contributed by atoms with Gasteiger partial charge in [0.1, 0.15) is 0 Å². The number of carbonyl (C=O) groups is 1. The maximum Gasteiger partial charge on any atom is 0.262 e. The van der Waals surface area contributed by atoms with Crippen LogP contribution in [0.15, 0.2) is 28.2 Å². The van der Waals surface area contributed by atoms with Crippen molar-refractivity contribution < 1.29 is 4.79 Å². The molecule has 0 aliphatic heterocycles. The minimum absolute atomic E-state index is 0.119. The molecular formula is C16H20ClN3O2S. The summed E-state index contributed by atoms with van der Waals surface area (Å²) >= 11 is 7.19. The summed E-state index contributed by atoms with van der Waals surface area (Å²) in [6.45, 7) is 6.44. The van der Waals surface area contributed by atoms with E-state index in [1.807, 2.05) is 0 Å². The maximum absolute atomic E-state index is 12.8. The van der Waals surface area contributed by atoms with Crippen molar-refractivity contribution in [3.05, 3.63) is 33.6 Å². The van der Waals surface area contributed by atoms with E-state index in [0.29, 0.717) is 33.5 Å². The Balaban J connectivity index is 2.57. The normalized spacial score (nSPS) is 12.7. The summed E-state index contributed by atoms with van der Waals surface area (Å²) < 4.78 is 1.63. The summed E-state index contributed by atoms with van der Waals surface area (Å²) in [6, 6.07) is 5.02. The number of hydrogen-bond donors (Lipinski definition) is 1. The number of halogens is 1. The maximum atomic E-state index is 12.8. The number of thioether (sulfide) groups is 1. The van der Waals surface area contributed by atoms with Gasteiger partial charge in [-0.2, -0.15) is 0 Å². The van der Waals surface area contributed by atoms with Crippen LogP contribution in [0.3, 0.4) is 0 Å². The number of primary amides is 1. The quantitative estimate of drug-likeness (QED) is 0.639. The van der Waals surface area contributed by atoms with Gasteiger partial charge in [0.25, 0.3) is 5.56 Å². The predicted molar refractivity (Wildman–Crippen MR) is 95.0 cm³/mol. The smallest absolute Gasteiger partial charge is 0.262 e. The van der Waals surface area contributed by atoms with E-state index < -0.39 is 11.2 Å². The van der Waals surface area contributed by atoms with Crippen LogP contribution in [0.4, 0.5) is 0 Å². The summed E-state index contributed by atoms with van der Waals surface area (Å²) in [6.07, 6.45) is 0.846. The first kappa shape index (κ1) is 17.8. The van der Waals surface area contributed by atoms with E-state index in [0.717, 1.165) is 6.42 Å². The van der Waals surface area contributed by atoms with Gasteiger partial charge in [-0.05, 0) is 37.5 Å². The summed E-state index contributed by atoms with van der Waals surface area (Å²) in [5.74, 6) is 0.0140. The van der Waals surface area contributed by atoms with Gasteiger partial charge in [-0.1, -0.05) is 37.2 Å². The van der Waals surface area contributed by atoms with Gasteiger partial charge >= 0.3 is 0 Å². The highest BCUT2D eigenvalue weighted by atomic mass is 35.5. The van der Waals surface area contributed by atoms with Crippen LogP contribution in [0.1, 0.15) is 27.2 Å². The topological polar surface area (TPSA) is 78.0 Å². The molecule has 2 aromatic rings. The van der Waals surface area contributed by atoms with E-state index in [1.165, 1.54) is 11.8 Å². The molecule has 1 aromatic heterocycles. The molecule has 1 amide bonds. The first-order chi connectivity index (χ1) is 10.8. The highest BCUT2D eigenvalue weighted by Gasteiger charge is 2.17. The second-order valence-electron chi connectivity index (χ2n) is 5.86. The molecule has 2 rings (SSSR count). The standard InChI is InChI=1S/C16H20ClN3O2S/c1-9(2)6-7-20-15(22)12-5-4-11(17)8-13(12)19-16(20)23-10(3)14(18)21/h4-5,8-10H,6-7H2,1-3H3,(H2,18,21)/t10-/m1/s1. The van der Waals surface area contributed by atoms with Crippen molar-refractivity contribution in [3.8, 4) is 0 Å². The Kier molecular flexibility index (Phi) is 5.70. The van der Waals surface area contributed by atoms with Crippen molar-refractivity contribution in [2.45, 2.75) is 44.1 Å². The number of nitrogens with two attached hydrogens (primary N) is 1. The first-order valence-corrected chi connectivity index (χ1v) is 8.71. The Hall–Kier alpha value is -1.53. The molecule has 0 radical (unpaired) electrons. The summed E-state index contributed by atoms with van der Waals surface area (Å²) in [5.41, 5.74) is 5.75. The molecule has 0 bridgehead atoms. The van der Waals surface area contributed by atoms with Crippen LogP contribution in [0.2, 0.25) is 5.02 Å². The van der Waals surface area contributed by atoms with Crippen molar-refractivity contribution in [1.82, 2.24) is 9.55 Å². The summed E-state index contributed by atoms with van der Waals surface area (Å²) in [5, 5.41) is 1.07. The minimum Gasteiger partial charge on any atom is -0.369 e. The second-order valence-corrected chi connectivity index (χ2v) is 7.60. The molecule has 0 saturated heterocycles. The lowest BCUT2D eigenvalue weighted by Gasteiger charge is -2.16. The second kappa shape index (κ2) is 7.36. The molecule has 1 heterocycles.